The lowest BCUT2D eigenvalue weighted by molar-refractivity contribution is 0.174. The fourth-order valence-electron chi connectivity index (χ4n) is 2.51. The van der Waals surface area contributed by atoms with Gasteiger partial charge in [-0.15, -0.1) is 0 Å². The number of rotatable bonds is 0. The number of ether oxygens (including phenoxy) is 1. The molecule has 4 heteroatoms. The van der Waals surface area contributed by atoms with Crippen LogP contribution in [0.2, 0.25) is 5.31 Å². The summed E-state index contributed by atoms with van der Waals surface area (Å²) in [6, 6.07) is 0.452. The van der Waals surface area contributed by atoms with Crippen molar-refractivity contribution >= 4 is 25.2 Å². The molecule has 0 N–H and O–H groups in total. The molecule has 2 rings (SSSR count). The van der Waals surface area contributed by atoms with Gasteiger partial charge in [-0.3, -0.25) is 0 Å². The molecule has 0 bridgehead atoms. The van der Waals surface area contributed by atoms with E-state index in [1.165, 1.54) is 6.42 Å². The average Bonchev–Trinajstić information content (AvgIpc) is 2.28. The molecule has 1 saturated heterocycles. The molecule has 0 aromatic heterocycles. The first-order chi connectivity index (χ1) is 6.49. The van der Waals surface area contributed by atoms with Crippen molar-refractivity contribution in [1.29, 1.82) is 0 Å². The van der Waals surface area contributed by atoms with E-state index in [1.54, 1.807) is 0 Å². The first-order valence-electron chi connectivity index (χ1n) is 5.22. The molecule has 1 heterocycles. The number of hydrogen-bond acceptors (Lipinski definition) is 2. The average molecular weight is 209 g/mol. The maximum absolute atomic E-state index is 6.18. The zero-order valence-corrected chi connectivity index (χ0v) is 9.64. The van der Waals surface area contributed by atoms with Gasteiger partial charge in [0.15, 0.2) is 0 Å². The van der Waals surface area contributed by atoms with Gasteiger partial charge in [0.1, 0.15) is 6.10 Å². The predicted molar refractivity (Wildman–Crippen MR) is 61.6 cm³/mol. The van der Waals surface area contributed by atoms with Crippen molar-refractivity contribution < 1.29 is 4.74 Å². The molecular weight excluding hydrogens is 193 g/mol. The lowest BCUT2D eigenvalue weighted by Crippen LogP contribution is -2.33. The highest BCUT2D eigenvalue weighted by molar-refractivity contribution is 7.80. The van der Waals surface area contributed by atoms with Crippen LogP contribution in [-0.4, -0.2) is 37.1 Å². The third-order valence-corrected chi connectivity index (χ3v) is 3.77. The third kappa shape index (κ3) is 1.77. The van der Waals surface area contributed by atoms with Gasteiger partial charge in [0.2, 0.25) is 0 Å². The second-order valence-electron chi connectivity index (χ2n) is 4.85. The summed E-state index contributed by atoms with van der Waals surface area (Å²) in [7, 11) is 8.20. The Morgan fingerprint density at radius 1 is 1.64 bits per heavy atom. The highest BCUT2D eigenvalue weighted by atomic mass is 32.1. The standard InChI is InChI=1S/C10H16BNOS/c1-10(11)5-3-4-7-8(6-10)13-9(14)12(7)2/h7-8H,3-6H2,1-2H3/t7?,8-,10?/m0/s1. The topological polar surface area (TPSA) is 12.5 Å². The van der Waals surface area contributed by atoms with Crippen molar-refractivity contribution in [2.75, 3.05) is 7.05 Å². The molecular formula is C10H16BNOS. The Morgan fingerprint density at radius 2 is 2.36 bits per heavy atom. The maximum atomic E-state index is 6.18. The molecule has 14 heavy (non-hydrogen) atoms. The highest BCUT2D eigenvalue weighted by Gasteiger charge is 2.41. The minimum Gasteiger partial charge on any atom is -0.465 e. The first-order valence-corrected chi connectivity index (χ1v) is 5.63. The van der Waals surface area contributed by atoms with Crippen LogP contribution in [0.15, 0.2) is 0 Å². The number of hydrogen-bond donors (Lipinski definition) is 0. The van der Waals surface area contributed by atoms with Gasteiger partial charge in [-0.1, -0.05) is 25.1 Å². The van der Waals surface area contributed by atoms with E-state index in [4.69, 9.17) is 24.8 Å². The van der Waals surface area contributed by atoms with E-state index in [1.807, 2.05) is 7.05 Å². The van der Waals surface area contributed by atoms with Crippen LogP contribution in [-0.2, 0) is 4.74 Å². The quantitative estimate of drug-likeness (QED) is 0.446. The second kappa shape index (κ2) is 3.40. The van der Waals surface area contributed by atoms with Crippen LogP contribution < -0.4 is 0 Å². The Morgan fingerprint density at radius 3 is 3.07 bits per heavy atom. The smallest absolute Gasteiger partial charge is 0.259 e. The van der Waals surface area contributed by atoms with Gasteiger partial charge >= 0.3 is 0 Å². The Kier molecular flexibility index (Phi) is 2.50. The zero-order valence-electron chi connectivity index (χ0n) is 8.82. The molecule has 0 aromatic rings. The van der Waals surface area contributed by atoms with Crippen LogP contribution in [0.3, 0.4) is 0 Å². The second-order valence-corrected chi connectivity index (χ2v) is 5.20. The van der Waals surface area contributed by atoms with Gasteiger partial charge in [0.05, 0.1) is 13.9 Å². The van der Waals surface area contributed by atoms with E-state index < -0.39 is 0 Å². The van der Waals surface area contributed by atoms with Crippen LogP contribution >= 0.6 is 12.2 Å². The molecule has 1 aliphatic heterocycles. The zero-order chi connectivity index (χ0) is 10.3. The molecule has 0 amide bonds. The lowest BCUT2D eigenvalue weighted by atomic mass is 9.65. The van der Waals surface area contributed by atoms with Gasteiger partial charge in [-0.2, -0.15) is 0 Å². The van der Waals surface area contributed by atoms with E-state index in [0.29, 0.717) is 11.2 Å². The van der Waals surface area contributed by atoms with Gasteiger partial charge in [-0.25, -0.2) is 0 Å². The van der Waals surface area contributed by atoms with Gasteiger partial charge < -0.3 is 9.64 Å². The molecule has 1 aliphatic carbocycles. The minimum atomic E-state index is -0.0831. The summed E-state index contributed by atoms with van der Waals surface area (Å²) in [5.74, 6) is 0. The maximum Gasteiger partial charge on any atom is 0.259 e. The van der Waals surface area contributed by atoms with Gasteiger partial charge in [-0.05, 0) is 25.1 Å². The van der Waals surface area contributed by atoms with Crippen molar-refractivity contribution in [2.24, 2.45) is 0 Å². The molecule has 0 spiro atoms. The van der Waals surface area contributed by atoms with E-state index >= 15 is 0 Å². The molecule has 2 fully saturated rings. The van der Waals surface area contributed by atoms with Gasteiger partial charge in [0, 0.05) is 7.05 Å². The van der Waals surface area contributed by atoms with Crippen LogP contribution in [0.1, 0.15) is 32.6 Å². The van der Waals surface area contributed by atoms with Gasteiger partial charge in [0.25, 0.3) is 5.17 Å². The normalized spacial score (nSPS) is 43.0. The molecule has 2 radical (unpaired) electrons. The van der Waals surface area contributed by atoms with Crippen LogP contribution in [0.4, 0.5) is 0 Å². The minimum absolute atomic E-state index is 0.0831. The highest BCUT2D eigenvalue weighted by Crippen LogP contribution is 2.42. The summed E-state index contributed by atoms with van der Waals surface area (Å²) in [6.07, 6.45) is 4.54. The summed E-state index contributed by atoms with van der Waals surface area (Å²) in [5, 5.41) is 0.554. The van der Waals surface area contributed by atoms with E-state index in [-0.39, 0.29) is 11.4 Å². The van der Waals surface area contributed by atoms with Crippen molar-refractivity contribution in [2.45, 2.75) is 50.1 Å². The molecule has 2 aliphatic rings. The van der Waals surface area contributed by atoms with Crippen LogP contribution in [0, 0.1) is 0 Å². The number of thiocarbonyl (C=S) groups is 1. The largest absolute Gasteiger partial charge is 0.465 e. The van der Waals surface area contributed by atoms with Crippen molar-refractivity contribution in [1.82, 2.24) is 4.90 Å². The van der Waals surface area contributed by atoms with Crippen molar-refractivity contribution in [3.63, 3.8) is 0 Å². The fourth-order valence-corrected chi connectivity index (χ4v) is 2.77. The Labute approximate surface area is 92.4 Å². The summed E-state index contributed by atoms with van der Waals surface area (Å²) in [5.41, 5.74) is 0. The molecule has 2 nitrogen and oxygen atoms in total. The summed E-state index contributed by atoms with van der Waals surface area (Å²) >= 11 is 5.14. The SMILES string of the molecule is [B]C1(C)CCCC2[C@H](C1)OC(=S)N2C. The Bertz CT molecular complexity index is 257. The Balaban J connectivity index is 2.14. The van der Waals surface area contributed by atoms with Crippen LogP contribution in [0.25, 0.3) is 0 Å². The molecule has 0 aromatic carbocycles. The molecule has 3 atom stereocenters. The number of nitrogens with zero attached hydrogens (tertiary/aromatic N) is 1. The third-order valence-electron chi connectivity index (χ3n) is 3.38. The summed E-state index contributed by atoms with van der Waals surface area (Å²) in [6.45, 7) is 2.11. The van der Waals surface area contributed by atoms with Crippen LogP contribution in [0.5, 0.6) is 0 Å². The number of fused-ring (bicyclic) bond motifs is 1. The fraction of sp³-hybridized carbons (Fsp3) is 0.900. The van der Waals surface area contributed by atoms with E-state index in [2.05, 4.69) is 11.8 Å². The van der Waals surface area contributed by atoms with Crippen molar-refractivity contribution in [3.05, 3.63) is 0 Å². The number of likely N-dealkylation sites (N-methyl/N-ethyl adjacent to an activating group) is 1. The van der Waals surface area contributed by atoms with E-state index in [0.717, 1.165) is 19.3 Å². The summed E-state index contributed by atoms with van der Waals surface area (Å²) < 4.78 is 5.67. The molecule has 76 valence electrons. The monoisotopic (exact) mass is 209 g/mol. The molecule has 2 unspecified atom stereocenters. The van der Waals surface area contributed by atoms with Crippen molar-refractivity contribution in [3.8, 4) is 0 Å². The summed E-state index contributed by atoms with van der Waals surface area (Å²) in [4.78, 5) is 2.08. The lowest BCUT2D eigenvalue weighted by Gasteiger charge is -2.25. The molecule has 1 saturated carbocycles. The first kappa shape index (κ1) is 10.3. The Hall–Kier alpha value is -0.245. The predicted octanol–water partition coefficient (Wildman–Crippen LogP) is 1.89. The van der Waals surface area contributed by atoms with E-state index in [9.17, 15) is 0 Å².